The van der Waals surface area contributed by atoms with E-state index in [1.165, 1.54) is 4.90 Å². The van der Waals surface area contributed by atoms with Crippen LogP contribution >= 0.6 is 0 Å². The van der Waals surface area contributed by atoms with Crippen molar-refractivity contribution >= 4 is 6.09 Å². The molecule has 0 saturated carbocycles. The van der Waals surface area contributed by atoms with E-state index in [9.17, 15) is 4.79 Å². The molecule has 0 N–H and O–H groups in total. The molecular weight excluding hydrogens is 146 g/mol. The summed E-state index contributed by atoms with van der Waals surface area (Å²) >= 11 is 0. The molecular formula is C7H9NO3. The Kier molecular flexibility index (Phi) is 1.35. The molecule has 2 heterocycles. The van der Waals surface area contributed by atoms with Gasteiger partial charge in [0.25, 0.3) is 0 Å². The fourth-order valence-corrected chi connectivity index (χ4v) is 1.23. The number of fused-ring (bicyclic) bond motifs is 1. The number of nitrogens with zero attached hydrogens (tertiary/aromatic N) is 1. The Morgan fingerprint density at radius 1 is 1.73 bits per heavy atom. The van der Waals surface area contributed by atoms with Crippen molar-refractivity contribution in [2.75, 3.05) is 13.7 Å². The highest BCUT2D eigenvalue weighted by Crippen LogP contribution is 2.25. The van der Waals surface area contributed by atoms with Crippen LogP contribution in [0.1, 0.15) is 6.42 Å². The van der Waals surface area contributed by atoms with Crippen molar-refractivity contribution in [1.29, 1.82) is 0 Å². The van der Waals surface area contributed by atoms with E-state index in [0.717, 1.165) is 12.1 Å². The Bertz CT molecular complexity index is 224. The zero-order chi connectivity index (χ0) is 7.84. The van der Waals surface area contributed by atoms with Crippen molar-refractivity contribution in [2.45, 2.75) is 12.7 Å². The quantitative estimate of drug-likeness (QED) is 0.516. The number of likely N-dealkylation sites (N-methyl/N-ethyl adjacent to an activating group) is 1. The van der Waals surface area contributed by atoms with E-state index in [2.05, 4.69) is 0 Å². The zero-order valence-electron chi connectivity index (χ0n) is 6.24. The lowest BCUT2D eigenvalue weighted by Crippen LogP contribution is -2.21. The first-order valence-corrected chi connectivity index (χ1v) is 3.55. The SMILES string of the molecule is CN1C(=O)OC2OCCC=C21. The third-order valence-corrected chi connectivity index (χ3v) is 1.85. The van der Waals surface area contributed by atoms with E-state index >= 15 is 0 Å². The summed E-state index contributed by atoms with van der Waals surface area (Å²) in [7, 11) is 1.68. The predicted molar refractivity (Wildman–Crippen MR) is 36.7 cm³/mol. The van der Waals surface area contributed by atoms with Crippen LogP contribution in [0.25, 0.3) is 0 Å². The number of hydrogen-bond donors (Lipinski definition) is 0. The van der Waals surface area contributed by atoms with Gasteiger partial charge in [0.1, 0.15) is 0 Å². The molecule has 1 unspecified atom stereocenters. The van der Waals surface area contributed by atoms with Gasteiger partial charge in [-0.3, -0.25) is 4.90 Å². The second-order valence-electron chi connectivity index (χ2n) is 2.56. The first-order valence-electron chi connectivity index (χ1n) is 3.55. The van der Waals surface area contributed by atoms with E-state index in [1.807, 2.05) is 6.08 Å². The van der Waals surface area contributed by atoms with Gasteiger partial charge in [0, 0.05) is 7.05 Å². The normalized spacial score (nSPS) is 29.5. The van der Waals surface area contributed by atoms with Crippen LogP contribution in [-0.2, 0) is 9.47 Å². The first-order chi connectivity index (χ1) is 5.29. The highest BCUT2D eigenvalue weighted by atomic mass is 16.7. The van der Waals surface area contributed by atoms with E-state index in [4.69, 9.17) is 9.47 Å². The monoisotopic (exact) mass is 155 g/mol. The molecule has 1 amide bonds. The highest BCUT2D eigenvalue weighted by molar-refractivity contribution is 5.73. The van der Waals surface area contributed by atoms with E-state index in [-0.39, 0.29) is 6.09 Å². The van der Waals surface area contributed by atoms with Crippen LogP contribution in [-0.4, -0.2) is 30.9 Å². The molecule has 2 aliphatic heterocycles. The molecule has 0 bridgehead atoms. The number of ether oxygens (including phenoxy) is 2. The minimum atomic E-state index is -0.443. The third kappa shape index (κ3) is 0.903. The van der Waals surface area contributed by atoms with Crippen molar-refractivity contribution < 1.29 is 14.3 Å². The van der Waals surface area contributed by atoms with Gasteiger partial charge in [-0.15, -0.1) is 0 Å². The topological polar surface area (TPSA) is 38.8 Å². The number of hydrogen-bond acceptors (Lipinski definition) is 3. The maximum atomic E-state index is 10.9. The van der Waals surface area contributed by atoms with Crippen LogP contribution in [0.5, 0.6) is 0 Å². The summed E-state index contributed by atoms with van der Waals surface area (Å²) in [6.45, 7) is 0.634. The van der Waals surface area contributed by atoms with Gasteiger partial charge in [0.2, 0.25) is 6.29 Å². The lowest BCUT2D eigenvalue weighted by molar-refractivity contribution is -0.0660. The molecule has 0 spiro atoms. The van der Waals surface area contributed by atoms with Crippen molar-refractivity contribution in [2.24, 2.45) is 0 Å². The molecule has 0 aromatic rings. The molecule has 4 nitrogen and oxygen atoms in total. The average molecular weight is 155 g/mol. The summed E-state index contributed by atoms with van der Waals surface area (Å²) < 4.78 is 10.1. The number of carbonyl (C=O) groups is 1. The molecule has 0 aliphatic carbocycles. The van der Waals surface area contributed by atoms with Gasteiger partial charge in [0.05, 0.1) is 12.3 Å². The summed E-state index contributed by atoms with van der Waals surface area (Å²) in [5.74, 6) is 0. The Labute approximate surface area is 64.4 Å². The molecule has 60 valence electrons. The maximum Gasteiger partial charge on any atom is 0.416 e. The summed E-state index contributed by atoms with van der Waals surface area (Å²) in [6.07, 6.45) is 2.05. The molecule has 1 atom stereocenters. The summed E-state index contributed by atoms with van der Waals surface area (Å²) in [5.41, 5.74) is 0.834. The number of rotatable bonds is 0. The molecule has 1 saturated heterocycles. The highest BCUT2D eigenvalue weighted by Gasteiger charge is 2.36. The maximum absolute atomic E-state index is 10.9. The summed E-state index contributed by atoms with van der Waals surface area (Å²) in [5, 5.41) is 0. The van der Waals surface area contributed by atoms with Gasteiger partial charge >= 0.3 is 6.09 Å². The molecule has 0 aromatic heterocycles. The second-order valence-corrected chi connectivity index (χ2v) is 2.56. The molecule has 2 aliphatic rings. The molecule has 0 radical (unpaired) electrons. The summed E-state index contributed by atoms with van der Waals surface area (Å²) in [6, 6.07) is 0. The minimum absolute atomic E-state index is 0.330. The molecule has 2 rings (SSSR count). The molecule has 4 heteroatoms. The smallest absolute Gasteiger partial charge is 0.413 e. The van der Waals surface area contributed by atoms with Gasteiger partial charge in [-0.05, 0) is 6.42 Å². The van der Waals surface area contributed by atoms with Gasteiger partial charge < -0.3 is 9.47 Å². The van der Waals surface area contributed by atoms with Crippen LogP contribution in [0.4, 0.5) is 4.79 Å². The number of amides is 1. The second kappa shape index (κ2) is 2.23. The molecule has 0 aromatic carbocycles. The van der Waals surface area contributed by atoms with Crippen LogP contribution in [0.15, 0.2) is 11.8 Å². The standard InChI is InChI=1S/C7H9NO3/c1-8-5-3-2-4-10-6(5)11-7(8)9/h3,6H,2,4H2,1H3. The van der Waals surface area contributed by atoms with Crippen molar-refractivity contribution in [3.8, 4) is 0 Å². The van der Waals surface area contributed by atoms with Gasteiger partial charge in [-0.1, -0.05) is 6.08 Å². The van der Waals surface area contributed by atoms with Crippen LogP contribution in [0.3, 0.4) is 0 Å². The molecule has 11 heavy (non-hydrogen) atoms. The lowest BCUT2D eigenvalue weighted by atomic mass is 10.3. The summed E-state index contributed by atoms with van der Waals surface area (Å²) in [4.78, 5) is 12.4. The van der Waals surface area contributed by atoms with Crippen molar-refractivity contribution in [3.63, 3.8) is 0 Å². The van der Waals surface area contributed by atoms with Crippen LogP contribution in [0, 0.1) is 0 Å². The van der Waals surface area contributed by atoms with Gasteiger partial charge in [-0.2, -0.15) is 0 Å². The van der Waals surface area contributed by atoms with E-state index in [0.29, 0.717) is 6.61 Å². The van der Waals surface area contributed by atoms with Gasteiger partial charge in [-0.25, -0.2) is 4.79 Å². The Balaban J connectivity index is 2.27. The van der Waals surface area contributed by atoms with E-state index < -0.39 is 6.29 Å². The fraction of sp³-hybridized carbons (Fsp3) is 0.571. The molecule has 1 fully saturated rings. The Morgan fingerprint density at radius 2 is 2.55 bits per heavy atom. The van der Waals surface area contributed by atoms with Crippen molar-refractivity contribution in [3.05, 3.63) is 11.8 Å². The van der Waals surface area contributed by atoms with Gasteiger partial charge in [0.15, 0.2) is 0 Å². The minimum Gasteiger partial charge on any atom is -0.413 e. The lowest BCUT2D eigenvalue weighted by Gasteiger charge is -2.16. The fourth-order valence-electron chi connectivity index (χ4n) is 1.23. The first kappa shape index (κ1) is 6.67. The van der Waals surface area contributed by atoms with Crippen molar-refractivity contribution in [1.82, 2.24) is 4.90 Å². The Morgan fingerprint density at radius 3 is 3.27 bits per heavy atom. The van der Waals surface area contributed by atoms with Crippen LogP contribution < -0.4 is 0 Å². The zero-order valence-corrected chi connectivity index (χ0v) is 6.24. The van der Waals surface area contributed by atoms with E-state index in [1.54, 1.807) is 7.05 Å². The number of carbonyl (C=O) groups excluding carboxylic acids is 1. The largest absolute Gasteiger partial charge is 0.416 e. The average Bonchev–Trinajstić information content (AvgIpc) is 2.30. The Hall–Kier alpha value is -1.03. The van der Waals surface area contributed by atoms with Crippen LogP contribution in [0.2, 0.25) is 0 Å². The predicted octanol–water partition coefficient (Wildman–Crippen LogP) is 0.699. The third-order valence-electron chi connectivity index (χ3n) is 1.85.